The Morgan fingerprint density at radius 3 is 2.39 bits per heavy atom. The molecule has 0 bridgehead atoms. The van der Waals surface area contributed by atoms with Crippen LogP contribution in [0.2, 0.25) is 0 Å². The maximum atomic E-state index is 13.2. The first-order valence-corrected chi connectivity index (χ1v) is 5.49. The maximum absolute atomic E-state index is 13.2. The van der Waals surface area contributed by atoms with E-state index in [9.17, 15) is 26.7 Å². The molecular formula is C10H7BrF5NO. The van der Waals surface area contributed by atoms with Crippen molar-refractivity contribution in [3.63, 3.8) is 0 Å². The molecule has 1 aromatic rings. The van der Waals surface area contributed by atoms with Crippen LogP contribution in [0.3, 0.4) is 0 Å². The highest BCUT2D eigenvalue weighted by atomic mass is 79.9. The number of carbonyl (C=O) groups is 1. The van der Waals surface area contributed by atoms with Crippen LogP contribution >= 0.6 is 15.9 Å². The number of nitrogens with one attached hydrogen (secondary N) is 1. The summed E-state index contributed by atoms with van der Waals surface area (Å²) in [4.78, 5) is 11.1. The van der Waals surface area contributed by atoms with Crippen LogP contribution in [0, 0.1) is 11.6 Å². The zero-order valence-corrected chi connectivity index (χ0v) is 10.3. The standard InChI is InChI=1S/C10H7BrF5NO/c11-5-3-7(13)8(4-6(5)12)17-9(18)1-2-10(14,15)16/h3-4H,1-2H2,(H,17,18). The number of hydrogen-bond donors (Lipinski definition) is 1. The molecule has 1 aromatic carbocycles. The summed E-state index contributed by atoms with van der Waals surface area (Å²) in [6, 6.07) is 1.46. The molecule has 1 amide bonds. The SMILES string of the molecule is O=C(CCC(F)(F)F)Nc1cc(F)c(Br)cc1F. The molecule has 0 aliphatic rings. The van der Waals surface area contributed by atoms with Crippen molar-refractivity contribution in [1.82, 2.24) is 0 Å². The molecule has 0 aromatic heterocycles. The number of rotatable bonds is 3. The predicted octanol–water partition coefficient (Wildman–Crippen LogP) is 4.01. The normalized spacial score (nSPS) is 11.4. The van der Waals surface area contributed by atoms with E-state index in [4.69, 9.17) is 0 Å². The van der Waals surface area contributed by atoms with Crippen LogP contribution in [0.25, 0.3) is 0 Å². The third-order valence-electron chi connectivity index (χ3n) is 1.92. The number of anilines is 1. The van der Waals surface area contributed by atoms with Gasteiger partial charge in [0.1, 0.15) is 11.6 Å². The molecule has 0 saturated carbocycles. The zero-order chi connectivity index (χ0) is 13.9. The third kappa shape index (κ3) is 4.59. The average molecular weight is 332 g/mol. The summed E-state index contributed by atoms with van der Waals surface area (Å²) < 4.78 is 61.6. The highest BCUT2D eigenvalue weighted by Gasteiger charge is 2.28. The van der Waals surface area contributed by atoms with Crippen LogP contribution < -0.4 is 5.32 Å². The smallest absolute Gasteiger partial charge is 0.324 e. The number of halogens is 6. The number of hydrogen-bond acceptors (Lipinski definition) is 1. The molecule has 0 aliphatic carbocycles. The Morgan fingerprint density at radius 1 is 1.22 bits per heavy atom. The monoisotopic (exact) mass is 331 g/mol. The highest BCUT2D eigenvalue weighted by Crippen LogP contribution is 2.25. The lowest BCUT2D eigenvalue weighted by molar-refractivity contribution is -0.142. The number of alkyl halides is 3. The molecule has 0 radical (unpaired) electrons. The first-order valence-electron chi connectivity index (χ1n) is 4.70. The lowest BCUT2D eigenvalue weighted by Crippen LogP contribution is -2.17. The van der Waals surface area contributed by atoms with Gasteiger partial charge in [-0.1, -0.05) is 0 Å². The second kappa shape index (κ2) is 5.64. The van der Waals surface area contributed by atoms with Crippen molar-refractivity contribution in [1.29, 1.82) is 0 Å². The van der Waals surface area contributed by atoms with Crippen molar-refractivity contribution in [2.24, 2.45) is 0 Å². The zero-order valence-electron chi connectivity index (χ0n) is 8.74. The molecular weight excluding hydrogens is 325 g/mol. The number of amides is 1. The molecule has 0 unspecified atom stereocenters. The fourth-order valence-electron chi connectivity index (χ4n) is 1.09. The molecule has 0 spiro atoms. The molecule has 0 heterocycles. The van der Waals surface area contributed by atoms with Crippen molar-refractivity contribution in [2.45, 2.75) is 19.0 Å². The Labute approximate surface area is 107 Å². The molecule has 0 fully saturated rings. The van der Waals surface area contributed by atoms with E-state index in [2.05, 4.69) is 15.9 Å². The van der Waals surface area contributed by atoms with Crippen LogP contribution in [-0.2, 0) is 4.79 Å². The van der Waals surface area contributed by atoms with E-state index >= 15 is 0 Å². The van der Waals surface area contributed by atoms with Crippen LogP contribution in [0.15, 0.2) is 16.6 Å². The van der Waals surface area contributed by atoms with Crippen molar-refractivity contribution in [3.8, 4) is 0 Å². The maximum Gasteiger partial charge on any atom is 0.389 e. The minimum Gasteiger partial charge on any atom is -0.324 e. The van der Waals surface area contributed by atoms with E-state index in [0.29, 0.717) is 6.07 Å². The fourth-order valence-corrected chi connectivity index (χ4v) is 1.40. The minimum absolute atomic E-state index is 0.145. The van der Waals surface area contributed by atoms with Crippen LogP contribution in [0.5, 0.6) is 0 Å². The second-order valence-corrected chi connectivity index (χ2v) is 4.26. The first kappa shape index (κ1) is 14.9. The summed E-state index contributed by atoms with van der Waals surface area (Å²) in [5.41, 5.74) is -0.497. The molecule has 0 saturated heterocycles. The number of benzene rings is 1. The minimum atomic E-state index is -4.47. The Balaban J connectivity index is 2.68. The van der Waals surface area contributed by atoms with E-state index in [1.54, 1.807) is 0 Å². The van der Waals surface area contributed by atoms with E-state index in [1.807, 2.05) is 5.32 Å². The summed E-state index contributed by atoms with van der Waals surface area (Å²) in [6.45, 7) is 0. The van der Waals surface area contributed by atoms with E-state index in [0.717, 1.165) is 6.07 Å². The molecule has 8 heteroatoms. The van der Waals surface area contributed by atoms with Gasteiger partial charge in [0.15, 0.2) is 0 Å². The molecule has 0 atom stereocenters. The molecule has 100 valence electrons. The van der Waals surface area contributed by atoms with E-state index in [1.165, 1.54) is 0 Å². The molecule has 1 rings (SSSR count). The number of carbonyl (C=O) groups excluding carboxylic acids is 1. The largest absolute Gasteiger partial charge is 0.389 e. The lowest BCUT2D eigenvalue weighted by Gasteiger charge is -2.08. The molecule has 1 N–H and O–H groups in total. The summed E-state index contributed by atoms with van der Waals surface area (Å²) in [7, 11) is 0. The van der Waals surface area contributed by atoms with Crippen LogP contribution in [0.4, 0.5) is 27.6 Å². The Hall–Kier alpha value is -1.18. The van der Waals surface area contributed by atoms with Gasteiger partial charge in [0.25, 0.3) is 0 Å². The molecule has 2 nitrogen and oxygen atoms in total. The van der Waals surface area contributed by atoms with Gasteiger partial charge in [-0.25, -0.2) is 8.78 Å². The van der Waals surface area contributed by atoms with Crippen molar-refractivity contribution < 1.29 is 26.7 Å². The Morgan fingerprint density at radius 2 is 1.83 bits per heavy atom. The van der Waals surface area contributed by atoms with Gasteiger partial charge in [-0.3, -0.25) is 4.79 Å². The van der Waals surface area contributed by atoms with Gasteiger partial charge in [-0.05, 0) is 22.0 Å². The van der Waals surface area contributed by atoms with Gasteiger partial charge in [0, 0.05) is 12.5 Å². The van der Waals surface area contributed by atoms with Crippen LogP contribution in [-0.4, -0.2) is 12.1 Å². The topological polar surface area (TPSA) is 29.1 Å². The lowest BCUT2D eigenvalue weighted by atomic mass is 10.2. The van der Waals surface area contributed by atoms with Gasteiger partial charge >= 0.3 is 6.18 Å². The van der Waals surface area contributed by atoms with E-state index < -0.39 is 42.2 Å². The predicted molar refractivity (Wildman–Crippen MR) is 58.0 cm³/mol. The highest BCUT2D eigenvalue weighted by molar-refractivity contribution is 9.10. The van der Waals surface area contributed by atoms with Crippen molar-refractivity contribution >= 4 is 27.5 Å². The Kier molecular flexibility index (Phi) is 4.66. The molecule has 18 heavy (non-hydrogen) atoms. The van der Waals surface area contributed by atoms with Crippen molar-refractivity contribution in [3.05, 3.63) is 28.2 Å². The Bertz CT molecular complexity index is 460. The average Bonchev–Trinajstić information content (AvgIpc) is 2.22. The van der Waals surface area contributed by atoms with Crippen molar-refractivity contribution in [2.75, 3.05) is 5.32 Å². The first-order chi connectivity index (χ1) is 8.19. The van der Waals surface area contributed by atoms with Gasteiger partial charge < -0.3 is 5.32 Å². The van der Waals surface area contributed by atoms with E-state index in [-0.39, 0.29) is 4.47 Å². The van der Waals surface area contributed by atoms with Gasteiger partial charge in [0.2, 0.25) is 5.91 Å². The summed E-state index contributed by atoms with van der Waals surface area (Å²) in [5.74, 6) is -2.81. The van der Waals surface area contributed by atoms with Crippen LogP contribution in [0.1, 0.15) is 12.8 Å². The third-order valence-corrected chi connectivity index (χ3v) is 2.53. The fraction of sp³-hybridized carbons (Fsp3) is 0.300. The van der Waals surface area contributed by atoms with Gasteiger partial charge in [0.05, 0.1) is 16.6 Å². The summed E-state index contributed by atoms with van der Waals surface area (Å²) >= 11 is 2.73. The second-order valence-electron chi connectivity index (χ2n) is 3.41. The summed E-state index contributed by atoms with van der Waals surface area (Å²) in [5, 5.41) is 1.88. The quantitative estimate of drug-likeness (QED) is 0.658. The van der Waals surface area contributed by atoms with Gasteiger partial charge in [-0.15, -0.1) is 0 Å². The summed E-state index contributed by atoms with van der Waals surface area (Å²) in [6.07, 6.45) is -6.64. The molecule has 0 aliphatic heterocycles. The van der Waals surface area contributed by atoms with Gasteiger partial charge in [-0.2, -0.15) is 13.2 Å².